The lowest BCUT2D eigenvalue weighted by Crippen LogP contribution is -2.43. The molecule has 3 heterocycles. The predicted molar refractivity (Wildman–Crippen MR) is 85.2 cm³/mol. The van der Waals surface area contributed by atoms with Crippen LogP contribution in [-0.4, -0.2) is 29.3 Å². The van der Waals surface area contributed by atoms with Crippen LogP contribution in [0.2, 0.25) is 0 Å². The average molecular weight is 313 g/mol. The van der Waals surface area contributed by atoms with Gasteiger partial charge in [0, 0.05) is 18.3 Å². The van der Waals surface area contributed by atoms with Crippen molar-refractivity contribution < 1.29 is 14.0 Å². The number of ketones is 1. The Labute approximate surface area is 134 Å². The molecule has 0 saturated carbocycles. The number of hydrogen-bond donors (Lipinski definition) is 1. The molecule has 3 rings (SSSR count). The van der Waals surface area contributed by atoms with Gasteiger partial charge in [0.25, 0.3) is 0 Å². The molecule has 0 spiro atoms. The van der Waals surface area contributed by atoms with Crippen LogP contribution in [0.5, 0.6) is 0 Å². The van der Waals surface area contributed by atoms with Gasteiger partial charge in [-0.15, -0.1) is 0 Å². The summed E-state index contributed by atoms with van der Waals surface area (Å²) in [4.78, 5) is 30.1. The van der Waals surface area contributed by atoms with Crippen LogP contribution >= 0.6 is 0 Å². The van der Waals surface area contributed by atoms with Crippen LogP contribution < -0.4 is 10.2 Å². The normalized spacial score (nSPS) is 17.3. The molecule has 1 unspecified atom stereocenters. The molecule has 1 fully saturated rings. The molecule has 0 aromatic carbocycles. The monoisotopic (exact) mass is 313 g/mol. The number of hydrogen-bond acceptors (Lipinski definition) is 5. The number of furan rings is 1. The van der Waals surface area contributed by atoms with Gasteiger partial charge in [0.1, 0.15) is 17.6 Å². The van der Waals surface area contributed by atoms with Crippen LogP contribution in [0.25, 0.3) is 0 Å². The SMILES string of the molecule is CC(=O)c1ccc(N2CCCC2C(=O)NCc2ccco2)nc1. The second-order valence-electron chi connectivity index (χ2n) is 5.61. The van der Waals surface area contributed by atoms with Gasteiger partial charge in [0.15, 0.2) is 5.78 Å². The van der Waals surface area contributed by atoms with E-state index in [-0.39, 0.29) is 17.7 Å². The van der Waals surface area contributed by atoms with Crippen molar-refractivity contribution >= 4 is 17.5 Å². The summed E-state index contributed by atoms with van der Waals surface area (Å²) in [5.41, 5.74) is 0.576. The third-order valence-corrected chi connectivity index (χ3v) is 4.02. The molecule has 2 aromatic rings. The average Bonchev–Trinajstić information content (AvgIpc) is 3.24. The first kappa shape index (κ1) is 15.3. The predicted octanol–water partition coefficient (Wildman–Crippen LogP) is 2.16. The number of nitrogens with one attached hydrogen (secondary N) is 1. The molecule has 23 heavy (non-hydrogen) atoms. The van der Waals surface area contributed by atoms with Gasteiger partial charge >= 0.3 is 0 Å². The van der Waals surface area contributed by atoms with Crippen molar-refractivity contribution in [3.05, 3.63) is 48.0 Å². The van der Waals surface area contributed by atoms with Crippen LogP contribution in [-0.2, 0) is 11.3 Å². The van der Waals surface area contributed by atoms with Crippen LogP contribution in [0.15, 0.2) is 41.1 Å². The van der Waals surface area contributed by atoms with E-state index in [0.29, 0.717) is 12.1 Å². The number of carbonyl (C=O) groups is 2. The van der Waals surface area contributed by atoms with Gasteiger partial charge in [-0.3, -0.25) is 9.59 Å². The zero-order valence-corrected chi connectivity index (χ0v) is 13.0. The highest BCUT2D eigenvalue weighted by atomic mass is 16.3. The third kappa shape index (κ3) is 3.41. The van der Waals surface area contributed by atoms with E-state index < -0.39 is 0 Å². The standard InChI is InChI=1S/C17H19N3O3/c1-12(21)13-6-7-16(18-10-13)20-8-2-5-15(20)17(22)19-11-14-4-3-9-23-14/h3-4,6-7,9-10,15H,2,5,8,11H2,1H3,(H,19,22). The number of pyridine rings is 1. The van der Waals surface area contributed by atoms with E-state index in [0.717, 1.165) is 31.0 Å². The summed E-state index contributed by atoms with van der Waals surface area (Å²) in [5.74, 6) is 1.41. The summed E-state index contributed by atoms with van der Waals surface area (Å²) in [6, 6.07) is 6.94. The summed E-state index contributed by atoms with van der Waals surface area (Å²) in [6.45, 7) is 2.68. The van der Waals surface area contributed by atoms with Crippen molar-refractivity contribution in [2.24, 2.45) is 0 Å². The fourth-order valence-electron chi connectivity index (χ4n) is 2.78. The van der Waals surface area contributed by atoms with E-state index in [1.807, 2.05) is 11.0 Å². The lowest BCUT2D eigenvalue weighted by atomic mass is 10.2. The third-order valence-electron chi connectivity index (χ3n) is 4.02. The Morgan fingerprint density at radius 1 is 1.39 bits per heavy atom. The zero-order valence-electron chi connectivity index (χ0n) is 13.0. The minimum Gasteiger partial charge on any atom is -0.467 e. The summed E-state index contributed by atoms with van der Waals surface area (Å²) in [6.07, 6.45) is 4.88. The number of aromatic nitrogens is 1. The molecule has 1 saturated heterocycles. The molecule has 1 N–H and O–H groups in total. The number of nitrogens with zero attached hydrogens (tertiary/aromatic N) is 2. The van der Waals surface area contributed by atoms with E-state index in [1.165, 1.54) is 6.92 Å². The second kappa shape index (κ2) is 6.64. The maximum atomic E-state index is 12.4. The molecule has 0 bridgehead atoms. The maximum absolute atomic E-state index is 12.4. The van der Waals surface area contributed by atoms with Crippen molar-refractivity contribution in [1.82, 2.24) is 10.3 Å². The Morgan fingerprint density at radius 3 is 2.91 bits per heavy atom. The molecule has 1 amide bonds. The topological polar surface area (TPSA) is 75.4 Å². The van der Waals surface area contributed by atoms with Crippen LogP contribution in [0, 0.1) is 0 Å². The van der Waals surface area contributed by atoms with E-state index in [4.69, 9.17) is 4.42 Å². The largest absolute Gasteiger partial charge is 0.467 e. The van der Waals surface area contributed by atoms with E-state index in [9.17, 15) is 9.59 Å². The minimum absolute atomic E-state index is 0.0155. The zero-order chi connectivity index (χ0) is 16.2. The van der Waals surface area contributed by atoms with Crippen LogP contribution in [0.4, 0.5) is 5.82 Å². The molecule has 6 heteroatoms. The van der Waals surface area contributed by atoms with Gasteiger partial charge < -0.3 is 14.6 Å². The number of amides is 1. The lowest BCUT2D eigenvalue weighted by molar-refractivity contribution is -0.122. The van der Waals surface area contributed by atoms with Crippen molar-refractivity contribution in [2.75, 3.05) is 11.4 Å². The van der Waals surface area contributed by atoms with Gasteiger partial charge in [-0.05, 0) is 44.0 Å². The quantitative estimate of drug-likeness (QED) is 0.856. The molecule has 1 aliphatic heterocycles. The first-order chi connectivity index (χ1) is 11.1. The summed E-state index contributed by atoms with van der Waals surface area (Å²) in [7, 11) is 0. The molecule has 0 aliphatic carbocycles. The van der Waals surface area contributed by atoms with Gasteiger partial charge in [0.05, 0.1) is 12.8 Å². The molecule has 6 nitrogen and oxygen atoms in total. The Morgan fingerprint density at radius 2 is 2.26 bits per heavy atom. The summed E-state index contributed by atoms with van der Waals surface area (Å²) in [5, 5.41) is 2.90. The minimum atomic E-state index is -0.236. The number of Topliss-reactive ketones (excluding diaryl/α,β-unsaturated/α-hetero) is 1. The van der Waals surface area contributed by atoms with Crippen LogP contribution in [0.1, 0.15) is 35.9 Å². The summed E-state index contributed by atoms with van der Waals surface area (Å²) < 4.78 is 5.22. The molecule has 2 aromatic heterocycles. The Kier molecular flexibility index (Phi) is 4.41. The molecule has 120 valence electrons. The number of anilines is 1. The number of carbonyl (C=O) groups excluding carboxylic acids is 2. The van der Waals surface area contributed by atoms with Crippen molar-refractivity contribution in [3.8, 4) is 0 Å². The molecule has 1 aliphatic rings. The highest BCUT2D eigenvalue weighted by molar-refractivity contribution is 5.94. The van der Waals surface area contributed by atoms with E-state index in [1.54, 1.807) is 30.7 Å². The van der Waals surface area contributed by atoms with Crippen molar-refractivity contribution in [2.45, 2.75) is 32.4 Å². The summed E-state index contributed by atoms with van der Waals surface area (Å²) >= 11 is 0. The molecule has 0 radical (unpaired) electrons. The second-order valence-corrected chi connectivity index (χ2v) is 5.61. The van der Waals surface area contributed by atoms with Crippen molar-refractivity contribution in [1.29, 1.82) is 0 Å². The first-order valence-corrected chi connectivity index (χ1v) is 7.69. The number of rotatable bonds is 5. The molecule has 1 atom stereocenters. The Balaban J connectivity index is 1.66. The van der Waals surface area contributed by atoms with E-state index >= 15 is 0 Å². The van der Waals surface area contributed by atoms with Gasteiger partial charge in [-0.1, -0.05) is 0 Å². The highest BCUT2D eigenvalue weighted by Crippen LogP contribution is 2.24. The Hall–Kier alpha value is -2.63. The Bertz CT molecular complexity index is 680. The van der Waals surface area contributed by atoms with Gasteiger partial charge in [0.2, 0.25) is 5.91 Å². The fourth-order valence-corrected chi connectivity index (χ4v) is 2.78. The highest BCUT2D eigenvalue weighted by Gasteiger charge is 2.31. The lowest BCUT2D eigenvalue weighted by Gasteiger charge is -2.24. The van der Waals surface area contributed by atoms with Gasteiger partial charge in [-0.2, -0.15) is 0 Å². The van der Waals surface area contributed by atoms with E-state index in [2.05, 4.69) is 10.3 Å². The maximum Gasteiger partial charge on any atom is 0.243 e. The van der Waals surface area contributed by atoms with Crippen molar-refractivity contribution in [3.63, 3.8) is 0 Å². The molecular formula is C17H19N3O3. The fraction of sp³-hybridized carbons (Fsp3) is 0.353. The molecular weight excluding hydrogens is 294 g/mol. The van der Waals surface area contributed by atoms with Crippen LogP contribution in [0.3, 0.4) is 0 Å². The smallest absolute Gasteiger partial charge is 0.243 e. The van der Waals surface area contributed by atoms with Gasteiger partial charge in [-0.25, -0.2) is 4.98 Å². The first-order valence-electron chi connectivity index (χ1n) is 7.69.